The van der Waals surface area contributed by atoms with Crippen molar-refractivity contribution < 1.29 is 0 Å². The van der Waals surface area contributed by atoms with E-state index < -0.39 is 0 Å². The summed E-state index contributed by atoms with van der Waals surface area (Å²) in [4.78, 5) is 0. The molecule has 1 nitrogen and oxygen atoms in total. The van der Waals surface area contributed by atoms with E-state index >= 15 is 0 Å². The van der Waals surface area contributed by atoms with Crippen LogP contribution in [0, 0.1) is 29.6 Å². The van der Waals surface area contributed by atoms with Crippen molar-refractivity contribution in [2.45, 2.75) is 39.7 Å². The van der Waals surface area contributed by atoms with Crippen LogP contribution in [0.15, 0.2) is 0 Å². The quantitative estimate of drug-likeness (QED) is 0.637. The minimum Gasteiger partial charge on any atom is -0.327 e. The van der Waals surface area contributed by atoms with Gasteiger partial charge in [0.1, 0.15) is 0 Å². The second-order valence-corrected chi connectivity index (χ2v) is 5.19. The van der Waals surface area contributed by atoms with Gasteiger partial charge in [-0.1, -0.05) is 20.8 Å². The zero-order valence-corrected chi connectivity index (χ0v) is 8.46. The molecule has 0 aromatic carbocycles. The molecule has 0 bridgehead atoms. The molecule has 12 heavy (non-hydrogen) atoms. The van der Waals surface area contributed by atoms with Crippen molar-refractivity contribution in [2.24, 2.45) is 35.3 Å². The topological polar surface area (TPSA) is 26.0 Å². The highest BCUT2D eigenvalue weighted by atomic mass is 14.7. The van der Waals surface area contributed by atoms with Crippen LogP contribution in [0.5, 0.6) is 0 Å². The Balaban J connectivity index is 1.93. The first-order chi connectivity index (χ1) is 5.61. The summed E-state index contributed by atoms with van der Waals surface area (Å²) in [5.41, 5.74) is 6.03. The summed E-state index contributed by atoms with van der Waals surface area (Å²) in [7, 11) is 0. The van der Waals surface area contributed by atoms with Crippen LogP contribution >= 0.6 is 0 Å². The summed E-state index contributed by atoms with van der Waals surface area (Å²) < 4.78 is 0. The number of nitrogens with two attached hydrogens (primary N) is 1. The normalized spacial score (nSPS) is 59.0. The second kappa shape index (κ2) is 2.73. The number of hydrogen-bond acceptors (Lipinski definition) is 1. The minimum absolute atomic E-state index is 0.528. The molecule has 6 unspecified atom stereocenters. The molecule has 0 amide bonds. The lowest BCUT2D eigenvalue weighted by Crippen LogP contribution is -2.55. The van der Waals surface area contributed by atoms with Gasteiger partial charge in [0.2, 0.25) is 0 Å². The zero-order valence-electron chi connectivity index (χ0n) is 8.46. The van der Waals surface area contributed by atoms with E-state index in [9.17, 15) is 0 Å². The van der Waals surface area contributed by atoms with Crippen molar-refractivity contribution in [3.63, 3.8) is 0 Å². The molecule has 0 aromatic rings. The summed E-state index contributed by atoms with van der Waals surface area (Å²) in [6, 6.07) is 0.528. The monoisotopic (exact) mass is 167 g/mol. The average molecular weight is 167 g/mol. The van der Waals surface area contributed by atoms with Crippen molar-refractivity contribution in [3.05, 3.63) is 0 Å². The van der Waals surface area contributed by atoms with Crippen LogP contribution < -0.4 is 5.73 Å². The van der Waals surface area contributed by atoms with Gasteiger partial charge in [0.25, 0.3) is 0 Å². The lowest BCUT2D eigenvalue weighted by Gasteiger charge is -2.54. The van der Waals surface area contributed by atoms with Gasteiger partial charge in [-0.3, -0.25) is 0 Å². The van der Waals surface area contributed by atoms with Crippen LogP contribution in [0.3, 0.4) is 0 Å². The molecule has 0 spiro atoms. The Labute approximate surface area is 75.7 Å². The molecule has 0 aliphatic heterocycles. The largest absolute Gasteiger partial charge is 0.327 e. The maximum Gasteiger partial charge on any atom is 0.00751 e. The summed E-state index contributed by atoms with van der Waals surface area (Å²) in [5.74, 6) is 4.61. The SMILES string of the molecule is CC1CC(C2C(C)CC2N)C1C. The predicted octanol–water partition coefficient (Wildman–Crippen LogP) is 2.26. The summed E-state index contributed by atoms with van der Waals surface area (Å²) in [6.45, 7) is 7.14. The molecule has 2 aliphatic rings. The first-order valence-electron chi connectivity index (χ1n) is 5.37. The van der Waals surface area contributed by atoms with Crippen LogP contribution in [0.4, 0.5) is 0 Å². The molecule has 1 heteroatoms. The summed E-state index contributed by atoms with van der Waals surface area (Å²) in [5, 5.41) is 0. The first kappa shape index (κ1) is 8.55. The highest BCUT2D eigenvalue weighted by molar-refractivity contribution is 5.00. The van der Waals surface area contributed by atoms with Crippen molar-refractivity contribution in [1.82, 2.24) is 0 Å². The Kier molecular flexibility index (Phi) is 1.95. The van der Waals surface area contributed by atoms with Gasteiger partial charge in [0.15, 0.2) is 0 Å². The lowest BCUT2D eigenvalue weighted by molar-refractivity contribution is -0.0344. The summed E-state index contributed by atoms with van der Waals surface area (Å²) >= 11 is 0. The van der Waals surface area contributed by atoms with Crippen LogP contribution in [0.1, 0.15) is 33.6 Å². The van der Waals surface area contributed by atoms with Crippen LogP contribution in [-0.4, -0.2) is 6.04 Å². The molecule has 0 aromatic heterocycles. The third-order valence-corrected chi connectivity index (χ3v) is 4.51. The van der Waals surface area contributed by atoms with Gasteiger partial charge in [-0.25, -0.2) is 0 Å². The van der Waals surface area contributed by atoms with Gasteiger partial charge in [-0.05, 0) is 42.4 Å². The fraction of sp³-hybridized carbons (Fsp3) is 1.00. The standard InChI is InChI=1S/C11H21N/c1-6-4-9(8(6)3)11-7(2)5-10(11)12/h6-11H,4-5,12H2,1-3H3. The maximum absolute atomic E-state index is 6.03. The van der Waals surface area contributed by atoms with Gasteiger partial charge in [-0.2, -0.15) is 0 Å². The Morgan fingerprint density at radius 3 is 2.00 bits per heavy atom. The minimum atomic E-state index is 0.528. The Morgan fingerprint density at radius 2 is 1.67 bits per heavy atom. The molecule has 2 aliphatic carbocycles. The smallest absolute Gasteiger partial charge is 0.00751 e. The lowest BCUT2D eigenvalue weighted by atomic mass is 9.52. The predicted molar refractivity (Wildman–Crippen MR) is 51.7 cm³/mol. The zero-order chi connectivity index (χ0) is 8.88. The molecule has 0 heterocycles. The van der Waals surface area contributed by atoms with E-state index in [1.165, 1.54) is 12.8 Å². The van der Waals surface area contributed by atoms with Gasteiger partial charge in [-0.15, -0.1) is 0 Å². The molecular formula is C11H21N. The highest BCUT2D eigenvalue weighted by Gasteiger charge is 2.48. The molecule has 2 rings (SSSR count). The first-order valence-corrected chi connectivity index (χ1v) is 5.37. The van der Waals surface area contributed by atoms with Crippen molar-refractivity contribution in [2.75, 3.05) is 0 Å². The number of rotatable bonds is 1. The fourth-order valence-electron chi connectivity index (χ4n) is 3.30. The molecule has 2 fully saturated rings. The van der Waals surface area contributed by atoms with Gasteiger partial charge in [0.05, 0.1) is 0 Å². The van der Waals surface area contributed by atoms with E-state index in [0.29, 0.717) is 6.04 Å². The Hall–Kier alpha value is -0.0400. The molecule has 70 valence electrons. The fourth-order valence-corrected chi connectivity index (χ4v) is 3.30. The van der Waals surface area contributed by atoms with Crippen LogP contribution in [0.25, 0.3) is 0 Å². The van der Waals surface area contributed by atoms with Crippen molar-refractivity contribution in [3.8, 4) is 0 Å². The Morgan fingerprint density at radius 1 is 1.00 bits per heavy atom. The second-order valence-electron chi connectivity index (χ2n) is 5.19. The molecule has 6 atom stereocenters. The van der Waals surface area contributed by atoms with E-state index in [0.717, 1.165) is 29.6 Å². The molecule has 2 saturated carbocycles. The van der Waals surface area contributed by atoms with E-state index in [2.05, 4.69) is 20.8 Å². The molecule has 0 saturated heterocycles. The highest BCUT2D eigenvalue weighted by Crippen LogP contribution is 2.52. The maximum atomic E-state index is 6.03. The van der Waals surface area contributed by atoms with E-state index in [-0.39, 0.29) is 0 Å². The third-order valence-electron chi connectivity index (χ3n) is 4.51. The van der Waals surface area contributed by atoms with Gasteiger partial charge in [0, 0.05) is 6.04 Å². The van der Waals surface area contributed by atoms with Crippen molar-refractivity contribution >= 4 is 0 Å². The molecule has 2 N–H and O–H groups in total. The van der Waals surface area contributed by atoms with E-state index in [1.54, 1.807) is 0 Å². The Bertz CT molecular complexity index is 170. The summed E-state index contributed by atoms with van der Waals surface area (Å²) in [6.07, 6.45) is 2.70. The average Bonchev–Trinajstić information content (AvgIpc) is 2.03. The third kappa shape index (κ3) is 1.02. The van der Waals surface area contributed by atoms with E-state index in [4.69, 9.17) is 5.73 Å². The van der Waals surface area contributed by atoms with Crippen molar-refractivity contribution in [1.29, 1.82) is 0 Å². The van der Waals surface area contributed by atoms with Gasteiger partial charge >= 0.3 is 0 Å². The van der Waals surface area contributed by atoms with Crippen LogP contribution in [0.2, 0.25) is 0 Å². The van der Waals surface area contributed by atoms with Gasteiger partial charge < -0.3 is 5.73 Å². The molecule has 0 radical (unpaired) electrons. The van der Waals surface area contributed by atoms with E-state index in [1.807, 2.05) is 0 Å². The van der Waals surface area contributed by atoms with Crippen LogP contribution in [-0.2, 0) is 0 Å². The molecular weight excluding hydrogens is 146 g/mol. The number of hydrogen-bond donors (Lipinski definition) is 1.